The zero-order valence-electron chi connectivity index (χ0n) is 12.2. The molecule has 6 nitrogen and oxygen atoms in total. The van der Waals surface area contributed by atoms with Crippen molar-refractivity contribution in [2.75, 3.05) is 11.9 Å². The summed E-state index contributed by atoms with van der Waals surface area (Å²) >= 11 is 1.59. The first-order chi connectivity index (χ1) is 9.95. The minimum absolute atomic E-state index is 0.159. The number of urea groups is 1. The maximum atomic E-state index is 11.8. The first-order valence-corrected chi connectivity index (χ1v) is 7.50. The molecule has 0 radical (unpaired) electrons. The number of carbonyl (C=O) groups excluding carboxylic acids is 1. The fraction of sp³-hybridized carbons (Fsp3) is 0.357. The molecule has 112 valence electrons. The van der Waals surface area contributed by atoms with E-state index in [9.17, 15) is 9.59 Å². The minimum Gasteiger partial charge on any atom is -0.337 e. The Bertz CT molecular complexity index is 692. The summed E-state index contributed by atoms with van der Waals surface area (Å²) in [7, 11) is 0. The molecule has 2 rings (SSSR count). The van der Waals surface area contributed by atoms with Gasteiger partial charge in [0.1, 0.15) is 0 Å². The molecule has 0 aliphatic rings. The number of carbonyl (C=O) groups is 1. The number of anilines is 1. The Kier molecular flexibility index (Phi) is 4.74. The SMILES string of the molecule is Cc1csc([C@@H](C)CNC(=O)Nc2c[nH]c(=O)c(C)c2)n1. The van der Waals surface area contributed by atoms with E-state index in [1.807, 2.05) is 19.2 Å². The van der Waals surface area contributed by atoms with Crippen LogP contribution in [0.3, 0.4) is 0 Å². The normalized spacial score (nSPS) is 12.0. The first kappa shape index (κ1) is 15.2. The van der Waals surface area contributed by atoms with Gasteiger partial charge in [0.25, 0.3) is 5.56 Å². The molecule has 0 fully saturated rings. The molecule has 0 saturated carbocycles. The predicted octanol–water partition coefficient (Wildman–Crippen LogP) is 2.37. The zero-order valence-corrected chi connectivity index (χ0v) is 13.0. The van der Waals surface area contributed by atoms with Crippen LogP contribution in [0.5, 0.6) is 0 Å². The fourth-order valence-electron chi connectivity index (χ4n) is 1.78. The van der Waals surface area contributed by atoms with Gasteiger partial charge in [-0.1, -0.05) is 6.92 Å². The molecule has 21 heavy (non-hydrogen) atoms. The number of H-pyrrole nitrogens is 1. The van der Waals surface area contributed by atoms with Crippen molar-refractivity contribution in [2.45, 2.75) is 26.7 Å². The molecule has 2 aromatic heterocycles. The molecular formula is C14H18N4O2S. The third-order valence-corrected chi connectivity index (χ3v) is 4.17. The highest BCUT2D eigenvalue weighted by Gasteiger charge is 2.11. The van der Waals surface area contributed by atoms with Crippen LogP contribution >= 0.6 is 11.3 Å². The van der Waals surface area contributed by atoms with Crippen molar-refractivity contribution in [3.63, 3.8) is 0 Å². The number of nitrogens with zero attached hydrogens (tertiary/aromatic N) is 1. The maximum absolute atomic E-state index is 11.8. The van der Waals surface area contributed by atoms with Crippen molar-refractivity contribution in [1.82, 2.24) is 15.3 Å². The van der Waals surface area contributed by atoms with Crippen molar-refractivity contribution in [3.8, 4) is 0 Å². The number of hydrogen-bond acceptors (Lipinski definition) is 4. The Labute approximate surface area is 126 Å². The number of rotatable bonds is 4. The molecule has 3 N–H and O–H groups in total. The lowest BCUT2D eigenvalue weighted by molar-refractivity contribution is 0.251. The number of thiazole rings is 1. The third kappa shape index (κ3) is 4.16. The number of hydrogen-bond donors (Lipinski definition) is 3. The molecule has 0 aliphatic heterocycles. The number of aromatic nitrogens is 2. The summed E-state index contributed by atoms with van der Waals surface area (Å²) in [5.41, 5.74) is 1.95. The van der Waals surface area contributed by atoms with Gasteiger partial charge in [0.15, 0.2) is 0 Å². The van der Waals surface area contributed by atoms with Crippen LogP contribution in [0.15, 0.2) is 22.4 Å². The number of pyridine rings is 1. The van der Waals surface area contributed by atoms with E-state index in [0.29, 0.717) is 17.8 Å². The molecule has 0 aliphatic carbocycles. The first-order valence-electron chi connectivity index (χ1n) is 6.62. The summed E-state index contributed by atoms with van der Waals surface area (Å²) in [6, 6.07) is 1.33. The average molecular weight is 306 g/mol. The topological polar surface area (TPSA) is 86.9 Å². The van der Waals surface area contributed by atoms with Gasteiger partial charge in [0, 0.05) is 35.3 Å². The fourth-order valence-corrected chi connectivity index (χ4v) is 2.63. The van der Waals surface area contributed by atoms with Crippen molar-refractivity contribution >= 4 is 23.1 Å². The summed E-state index contributed by atoms with van der Waals surface area (Å²) in [6.45, 7) is 6.16. The third-order valence-electron chi connectivity index (χ3n) is 2.97. The molecule has 2 aromatic rings. The van der Waals surface area contributed by atoms with E-state index < -0.39 is 0 Å². The van der Waals surface area contributed by atoms with E-state index in [2.05, 4.69) is 20.6 Å². The van der Waals surface area contributed by atoms with Crippen molar-refractivity contribution in [2.24, 2.45) is 0 Å². The molecular weight excluding hydrogens is 288 g/mol. The van der Waals surface area contributed by atoms with Gasteiger partial charge in [-0.2, -0.15) is 0 Å². The number of aryl methyl sites for hydroxylation is 2. The smallest absolute Gasteiger partial charge is 0.319 e. The zero-order chi connectivity index (χ0) is 15.4. The van der Waals surface area contributed by atoms with Gasteiger partial charge in [-0.15, -0.1) is 11.3 Å². The molecule has 7 heteroatoms. The molecule has 2 amide bonds. The highest BCUT2D eigenvalue weighted by atomic mass is 32.1. The van der Waals surface area contributed by atoms with Gasteiger partial charge in [0.2, 0.25) is 0 Å². The van der Waals surface area contributed by atoms with Gasteiger partial charge in [-0.05, 0) is 19.9 Å². The molecule has 0 unspecified atom stereocenters. The number of amides is 2. The summed E-state index contributed by atoms with van der Waals surface area (Å²) in [5.74, 6) is 0.159. The van der Waals surface area contributed by atoms with Crippen molar-refractivity contribution in [1.29, 1.82) is 0 Å². The van der Waals surface area contributed by atoms with Crippen LogP contribution in [0.25, 0.3) is 0 Å². The Hall–Kier alpha value is -2.15. The highest BCUT2D eigenvalue weighted by Crippen LogP contribution is 2.18. The standard InChI is InChI=1S/C14H18N4O2S/c1-8-4-11(6-15-12(8)19)18-14(20)16-5-9(2)13-17-10(3)7-21-13/h4,6-7,9H,5H2,1-3H3,(H,15,19)(H2,16,18,20)/t9-/m0/s1. The Morgan fingerprint density at radius 1 is 1.48 bits per heavy atom. The van der Waals surface area contributed by atoms with E-state index in [-0.39, 0.29) is 17.5 Å². The second kappa shape index (κ2) is 6.53. The minimum atomic E-state index is -0.304. The molecule has 0 spiro atoms. The van der Waals surface area contributed by atoms with Crippen LogP contribution in [-0.2, 0) is 0 Å². The van der Waals surface area contributed by atoms with Gasteiger partial charge >= 0.3 is 6.03 Å². The molecule has 0 saturated heterocycles. The molecule has 1 atom stereocenters. The van der Waals surface area contributed by atoms with Crippen LogP contribution in [-0.4, -0.2) is 22.5 Å². The van der Waals surface area contributed by atoms with Gasteiger partial charge in [0.05, 0.1) is 10.7 Å². The van der Waals surface area contributed by atoms with Gasteiger partial charge in [-0.25, -0.2) is 9.78 Å². The number of aromatic amines is 1. The van der Waals surface area contributed by atoms with E-state index in [0.717, 1.165) is 10.7 Å². The second-order valence-corrected chi connectivity index (χ2v) is 5.85. The molecule has 0 aromatic carbocycles. The Balaban J connectivity index is 1.87. The van der Waals surface area contributed by atoms with Crippen LogP contribution in [0, 0.1) is 13.8 Å². The summed E-state index contributed by atoms with van der Waals surface area (Å²) in [6.07, 6.45) is 1.47. The van der Waals surface area contributed by atoms with Crippen LogP contribution < -0.4 is 16.2 Å². The quantitative estimate of drug-likeness (QED) is 0.810. The van der Waals surface area contributed by atoms with Gasteiger partial charge < -0.3 is 15.6 Å². The van der Waals surface area contributed by atoms with E-state index in [1.54, 1.807) is 24.3 Å². The largest absolute Gasteiger partial charge is 0.337 e. The van der Waals surface area contributed by atoms with Crippen molar-refractivity contribution in [3.05, 3.63) is 44.3 Å². The summed E-state index contributed by atoms with van der Waals surface area (Å²) in [5, 5.41) is 8.48. The van der Waals surface area contributed by atoms with Crippen molar-refractivity contribution < 1.29 is 4.79 Å². The maximum Gasteiger partial charge on any atom is 0.319 e. The van der Waals surface area contributed by atoms with E-state index in [1.165, 1.54) is 6.20 Å². The number of nitrogens with one attached hydrogen (secondary N) is 3. The monoisotopic (exact) mass is 306 g/mol. The van der Waals surface area contributed by atoms with E-state index >= 15 is 0 Å². The molecule has 0 bridgehead atoms. The second-order valence-electron chi connectivity index (χ2n) is 4.96. The lowest BCUT2D eigenvalue weighted by Gasteiger charge is -2.11. The highest BCUT2D eigenvalue weighted by molar-refractivity contribution is 7.09. The lowest BCUT2D eigenvalue weighted by Crippen LogP contribution is -2.32. The Morgan fingerprint density at radius 3 is 2.86 bits per heavy atom. The van der Waals surface area contributed by atoms with Crippen LogP contribution in [0.2, 0.25) is 0 Å². The van der Waals surface area contributed by atoms with Gasteiger partial charge in [-0.3, -0.25) is 4.79 Å². The predicted molar refractivity (Wildman–Crippen MR) is 84.1 cm³/mol. The summed E-state index contributed by atoms with van der Waals surface area (Å²) < 4.78 is 0. The van der Waals surface area contributed by atoms with Crippen LogP contribution in [0.1, 0.15) is 29.1 Å². The average Bonchev–Trinajstić information content (AvgIpc) is 2.87. The van der Waals surface area contributed by atoms with E-state index in [4.69, 9.17) is 0 Å². The lowest BCUT2D eigenvalue weighted by atomic mass is 10.2. The molecule has 2 heterocycles. The summed E-state index contributed by atoms with van der Waals surface area (Å²) in [4.78, 5) is 30.0. The van der Waals surface area contributed by atoms with Crippen LogP contribution in [0.4, 0.5) is 10.5 Å². The Morgan fingerprint density at radius 2 is 2.24 bits per heavy atom.